The molecule has 126 valence electrons. The summed E-state index contributed by atoms with van der Waals surface area (Å²) in [7, 11) is 0. The van der Waals surface area contributed by atoms with Crippen molar-refractivity contribution in [2.75, 3.05) is 13.1 Å². The van der Waals surface area contributed by atoms with Gasteiger partial charge in [-0.1, -0.05) is 0 Å². The van der Waals surface area contributed by atoms with Crippen molar-refractivity contribution >= 4 is 11.9 Å². The van der Waals surface area contributed by atoms with Crippen molar-refractivity contribution in [1.82, 2.24) is 19.7 Å². The molecule has 7 nitrogen and oxygen atoms in total. The molecule has 1 aliphatic rings. The van der Waals surface area contributed by atoms with Gasteiger partial charge in [0.25, 0.3) is 5.91 Å². The zero-order valence-electron chi connectivity index (χ0n) is 14.0. The molecule has 1 atom stereocenters. The van der Waals surface area contributed by atoms with Gasteiger partial charge in [-0.25, -0.2) is 9.67 Å². The third-order valence-electron chi connectivity index (χ3n) is 4.51. The molecule has 3 rings (SSSR count). The SMILES string of the molecule is Cc1nc(C)n(-c2ccc(C(=O)N3CC[C@](C)(C(=O)O)C3)cc2)n1. The van der Waals surface area contributed by atoms with E-state index in [2.05, 4.69) is 10.1 Å². The van der Waals surface area contributed by atoms with Gasteiger partial charge in [-0.05, 0) is 51.5 Å². The number of hydrogen-bond donors (Lipinski definition) is 1. The summed E-state index contributed by atoms with van der Waals surface area (Å²) >= 11 is 0. The molecule has 0 saturated carbocycles. The first-order valence-electron chi connectivity index (χ1n) is 7.83. The third kappa shape index (κ3) is 2.77. The van der Waals surface area contributed by atoms with E-state index in [4.69, 9.17) is 0 Å². The Balaban J connectivity index is 1.78. The molecule has 1 amide bonds. The van der Waals surface area contributed by atoms with E-state index in [1.807, 2.05) is 26.0 Å². The number of aromatic nitrogens is 3. The first-order chi connectivity index (χ1) is 11.3. The fourth-order valence-corrected chi connectivity index (χ4v) is 3.00. The molecule has 0 bridgehead atoms. The van der Waals surface area contributed by atoms with Crippen LogP contribution in [0.1, 0.15) is 35.4 Å². The van der Waals surface area contributed by atoms with Gasteiger partial charge in [0.15, 0.2) is 0 Å². The van der Waals surface area contributed by atoms with E-state index >= 15 is 0 Å². The lowest BCUT2D eigenvalue weighted by Crippen LogP contribution is -2.34. The van der Waals surface area contributed by atoms with Gasteiger partial charge in [0, 0.05) is 18.7 Å². The van der Waals surface area contributed by atoms with Crippen LogP contribution in [0.5, 0.6) is 0 Å². The van der Waals surface area contributed by atoms with Crippen molar-refractivity contribution in [1.29, 1.82) is 0 Å². The van der Waals surface area contributed by atoms with Crippen molar-refractivity contribution in [2.45, 2.75) is 27.2 Å². The predicted molar refractivity (Wildman–Crippen MR) is 87.1 cm³/mol. The molecule has 2 aromatic rings. The molecule has 2 heterocycles. The Hall–Kier alpha value is -2.70. The van der Waals surface area contributed by atoms with E-state index in [0.29, 0.717) is 24.4 Å². The molecule has 7 heteroatoms. The summed E-state index contributed by atoms with van der Waals surface area (Å²) in [4.78, 5) is 29.8. The topological polar surface area (TPSA) is 88.3 Å². The van der Waals surface area contributed by atoms with E-state index in [1.165, 1.54) is 0 Å². The van der Waals surface area contributed by atoms with Crippen LogP contribution in [0.15, 0.2) is 24.3 Å². The molecule has 24 heavy (non-hydrogen) atoms. The van der Waals surface area contributed by atoms with Crippen LogP contribution in [0, 0.1) is 19.3 Å². The van der Waals surface area contributed by atoms with Crippen LogP contribution in [0.3, 0.4) is 0 Å². The third-order valence-corrected chi connectivity index (χ3v) is 4.51. The highest BCUT2D eigenvalue weighted by molar-refractivity contribution is 5.95. The number of rotatable bonds is 3. The Labute approximate surface area is 139 Å². The number of nitrogens with zero attached hydrogens (tertiary/aromatic N) is 4. The van der Waals surface area contributed by atoms with Crippen molar-refractivity contribution in [3.8, 4) is 5.69 Å². The van der Waals surface area contributed by atoms with Gasteiger partial charge in [0.05, 0.1) is 11.1 Å². The smallest absolute Gasteiger partial charge is 0.311 e. The molecule has 0 radical (unpaired) electrons. The van der Waals surface area contributed by atoms with Crippen molar-refractivity contribution < 1.29 is 14.7 Å². The minimum Gasteiger partial charge on any atom is -0.481 e. The first-order valence-corrected chi connectivity index (χ1v) is 7.83. The van der Waals surface area contributed by atoms with Crippen LogP contribution < -0.4 is 0 Å². The Morgan fingerprint density at radius 1 is 1.21 bits per heavy atom. The second-order valence-corrected chi connectivity index (χ2v) is 6.51. The summed E-state index contributed by atoms with van der Waals surface area (Å²) in [5.41, 5.74) is 0.523. The number of aliphatic carboxylic acids is 1. The van der Waals surface area contributed by atoms with Gasteiger partial charge in [-0.15, -0.1) is 0 Å². The molecule has 0 spiro atoms. The summed E-state index contributed by atoms with van der Waals surface area (Å²) in [5.74, 6) is 0.476. The number of amides is 1. The Bertz CT molecular complexity index is 797. The van der Waals surface area contributed by atoms with E-state index in [-0.39, 0.29) is 12.5 Å². The normalized spacial score (nSPS) is 20.4. The number of carboxylic acids is 1. The molecule has 0 unspecified atom stereocenters. The van der Waals surface area contributed by atoms with Crippen molar-refractivity contribution in [2.24, 2.45) is 5.41 Å². The maximum absolute atomic E-state index is 12.6. The van der Waals surface area contributed by atoms with E-state index < -0.39 is 11.4 Å². The molecule has 0 aliphatic carbocycles. The fraction of sp³-hybridized carbons (Fsp3) is 0.412. The molecule has 1 aromatic heterocycles. The summed E-state index contributed by atoms with van der Waals surface area (Å²) in [5, 5.41) is 13.6. The van der Waals surface area contributed by atoms with Gasteiger partial charge < -0.3 is 10.0 Å². The van der Waals surface area contributed by atoms with Crippen LogP contribution >= 0.6 is 0 Å². The summed E-state index contributed by atoms with van der Waals surface area (Å²) in [6, 6.07) is 7.12. The van der Waals surface area contributed by atoms with Crippen molar-refractivity contribution in [3.05, 3.63) is 41.5 Å². The second-order valence-electron chi connectivity index (χ2n) is 6.51. The predicted octanol–water partition coefficient (Wildman–Crippen LogP) is 1.82. The number of carbonyl (C=O) groups is 2. The average molecular weight is 328 g/mol. The molecular formula is C17H20N4O3. The van der Waals surface area contributed by atoms with Crippen LogP contribution in [-0.2, 0) is 4.79 Å². The van der Waals surface area contributed by atoms with Crippen LogP contribution in [0.4, 0.5) is 0 Å². The van der Waals surface area contributed by atoms with Gasteiger partial charge in [-0.2, -0.15) is 5.10 Å². The Kier molecular flexibility index (Phi) is 3.87. The van der Waals surface area contributed by atoms with E-state index in [0.717, 1.165) is 11.5 Å². The zero-order chi connectivity index (χ0) is 17.5. The summed E-state index contributed by atoms with van der Waals surface area (Å²) < 4.78 is 1.72. The monoisotopic (exact) mass is 328 g/mol. The first kappa shape index (κ1) is 16.2. The average Bonchev–Trinajstić information content (AvgIpc) is 3.10. The number of carboxylic acid groups (broad SMARTS) is 1. The maximum atomic E-state index is 12.6. The van der Waals surface area contributed by atoms with E-state index in [9.17, 15) is 14.7 Å². The van der Waals surface area contributed by atoms with Gasteiger partial charge in [0.2, 0.25) is 0 Å². The highest BCUT2D eigenvalue weighted by atomic mass is 16.4. The van der Waals surface area contributed by atoms with Gasteiger partial charge in [-0.3, -0.25) is 9.59 Å². The standard InChI is InChI=1S/C17H20N4O3/c1-11-18-12(2)21(19-11)14-6-4-13(5-7-14)15(22)20-9-8-17(3,10-20)16(23)24/h4-7H,8-10H2,1-3H3,(H,23,24)/t17-/m0/s1. The summed E-state index contributed by atoms with van der Waals surface area (Å²) in [6.07, 6.45) is 0.476. The molecule has 1 saturated heterocycles. The highest BCUT2D eigenvalue weighted by Gasteiger charge is 2.42. The van der Waals surface area contributed by atoms with Crippen LogP contribution in [0.25, 0.3) is 5.69 Å². The Morgan fingerprint density at radius 2 is 1.88 bits per heavy atom. The fourth-order valence-electron chi connectivity index (χ4n) is 3.00. The number of carbonyl (C=O) groups excluding carboxylic acids is 1. The van der Waals surface area contributed by atoms with Gasteiger partial charge in [0.1, 0.15) is 11.6 Å². The minimum atomic E-state index is -0.856. The highest BCUT2D eigenvalue weighted by Crippen LogP contribution is 2.31. The molecule has 1 aromatic carbocycles. The Morgan fingerprint density at radius 3 is 2.38 bits per heavy atom. The quantitative estimate of drug-likeness (QED) is 0.928. The molecule has 1 N–H and O–H groups in total. The van der Waals surface area contributed by atoms with Crippen LogP contribution in [-0.4, -0.2) is 49.7 Å². The minimum absolute atomic E-state index is 0.141. The molecule has 1 fully saturated rings. The van der Waals surface area contributed by atoms with E-state index in [1.54, 1.807) is 28.6 Å². The lowest BCUT2D eigenvalue weighted by Gasteiger charge is -2.20. The molecular weight excluding hydrogens is 308 g/mol. The largest absolute Gasteiger partial charge is 0.481 e. The number of benzene rings is 1. The van der Waals surface area contributed by atoms with Gasteiger partial charge >= 0.3 is 5.97 Å². The maximum Gasteiger partial charge on any atom is 0.311 e. The molecule has 1 aliphatic heterocycles. The zero-order valence-corrected chi connectivity index (χ0v) is 14.0. The number of aryl methyl sites for hydroxylation is 2. The number of likely N-dealkylation sites (tertiary alicyclic amines) is 1. The van der Waals surface area contributed by atoms with Crippen molar-refractivity contribution in [3.63, 3.8) is 0 Å². The number of hydrogen-bond acceptors (Lipinski definition) is 4. The lowest BCUT2D eigenvalue weighted by atomic mass is 9.90. The van der Waals surface area contributed by atoms with Crippen LogP contribution in [0.2, 0.25) is 0 Å². The second kappa shape index (κ2) is 5.74. The lowest BCUT2D eigenvalue weighted by molar-refractivity contribution is -0.147. The summed E-state index contributed by atoms with van der Waals surface area (Å²) in [6.45, 7) is 6.08.